The van der Waals surface area contributed by atoms with Crippen molar-refractivity contribution < 1.29 is 0 Å². The van der Waals surface area contributed by atoms with E-state index >= 15 is 0 Å². The van der Waals surface area contributed by atoms with Crippen LogP contribution in [0.1, 0.15) is 56.7 Å². The highest BCUT2D eigenvalue weighted by Crippen LogP contribution is 2.46. The Kier molecular flexibility index (Phi) is 2.46. The minimum absolute atomic E-state index is 0.425. The standard InChI is InChI=1S/C12H20N4/c1-3-4-10-12-15-14-11(9-7-8(9)2)16(12)6-5-13-10/h8-10,13H,3-7H2,1-2H3. The molecule has 3 unspecified atom stereocenters. The van der Waals surface area contributed by atoms with Gasteiger partial charge in [-0.2, -0.15) is 0 Å². The zero-order chi connectivity index (χ0) is 11.1. The predicted molar refractivity (Wildman–Crippen MR) is 62.2 cm³/mol. The molecule has 3 atom stereocenters. The minimum atomic E-state index is 0.425. The van der Waals surface area contributed by atoms with Crippen molar-refractivity contribution in [3.05, 3.63) is 11.6 Å². The molecule has 0 saturated heterocycles. The normalized spacial score (nSPS) is 32.5. The fourth-order valence-electron chi connectivity index (χ4n) is 2.73. The summed E-state index contributed by atoms with van der Waals surface area (Å²) in [7, 11) is 0. The number of fused-ring (bicyclic) bond motifs is 1. The summed E-state index contributed by atoms with van der Waals surface area (Å²) in [6, 6.07) is 0.425. The molecule has 0 spiro atoms. The molecule has 1 aromatic heterocycles. The van der Waals surface area contributed by atoms with Crippen LogP contribution in [0.15, 0.2) is 0 Å². The second kappa shape index (κ2) is 3.84. The van der Waals surface area contributed by atoms with Gasteiger partial charge in [-0.05, 0) is 18.8 Å². The summed E-state index contributed by atoms with van der Waals surface area (Å²) in [5, 5.41) is 12.4. The van der Waals surface area contributed by atoms with E-state index in [-0.39, 0.29) is 0 Å². The van der Waals surface area contributed by atoms with E-state index in [0.29, 0.717) is 12.0 Å². The molecular formula is C12H20N4. The molecule has 1 aliphatic heterocycles. The molecule has 1 fully saturated rings. The molecule has 2 aliphatic rings. The Balaban J connectivity index is 1.89. The zero-order valence-corrected chi connectivity index (χ0v) is 10.1. The van der Waals surface area contributed by atoms with Crippen molar-refractivity contribution in [1.82, 2.24) is 20.1 Å². The van der Waals surface area contributed by atoms with Crippen molar-refractivity contribution >= 4 is 0 Å². The second-order valence-electron chi connectivity index (χ2n) is 5.18. The number of aromatic nitrogens is 3. The molecule has 4 nitrogen and oxygen atoms in total. The summed E-state index contributed by atoms with van der Waals surface area (Å²) in [4.78, 5) is 0. The second-order valence-corrected chi connectivity index (χ2v) is 5.18. The topological polar surface area (TPSA) is 42.7 Å². The summed E-state index contributed by atoms with van der Waals surface area (Å²) in [5.41, 5.74) is 0. The fraction of sp³-hybridized carbons (Fsp3) is 0.833. The van der Waals surface area contributed by atoms with Crippen LogP contribution in [0.25, 0.3) is 0 Å². The number of nitrogens with one attached hydrogen (secondary N) is 1. The first-order valence-corrected chi connectivity index (χ1v) is 6.47. The lowest BCUT2D eigenvalue weighted by molar-refractivity contribution is 0.387. The van der Waals surface area contributed by atoms with Crippen molar-refractivity contribution in [3.8, 4) is 0 Å². The smallest absolute Gasteiger partial charge is 0.150 e. The molecule has 16 heavy (non-hydrogen) atoms. The Labute approximate surface area is 96.4 Å². The van der Waals surface area contributed by atoms with Crippen LogP contribution in [-0.2, 0) is 6.54 Å². The van der Waals surface area contributed by atoms with Crippen LogP contribution in [0.3, 0.4) is 0 Å². The zero-order valence-electron chi connectivity index (χ0n) is 10.1. The lowest BCUT2D eigenvalue weighted by atomic mass is 10.1. The highest BCUT2D eigenvalue weighted by Gasteiger charge is 2.39. The Morgan fingerprint density at radius 1 is 1.38 bits per heavy atom. The van der Waals surface area contributed by atoms with E-state index < -0.39 is 0 Å². The first-order valence-electron chi connectivity index (χ1n) is 6.47. The Bertz CT molecular complexity index is 384. The molecule has 0 bridgehead atoms. The van der Waals surface area contributed by atoms with Gasteiger partial charge in [0.15, 0.2) is 0 Å². The van der Waals surface area contributed by atoms with E-state index in [1.165, 1.54) is 30.9 Å². The van der Waals surface area contributed by atoms with Crippen molar-refractivity contribution in [2.45, 2.75) is 51.6 Å². The van der Waals surface area contributed by atoms with Crippen molar-refractivity contribution in [2.24, 2.45) is 5.92 Å². The third-order valence-corrected chi connectivity index (χ3v) is 3.86. The molecule has 1 aliphatic carbocycles. The Hall–Kier alpha value is -0.900. The fourth-order valence-corrected chi connectivity index (χ4v) is 2.73. The van der Waals surface area contributed by atoms with Gasteiger partial charge in [0.25, 0.3) is 0 Å². The number of hydrogen-bond donors (Lipinski definition) is 1. The molecular weight excluding hydrogens is 200 g/mol. The third kappa shape index (κ3) is 1.56. The van der Waals surface area contributed by atoms with Crippen LogP contribution < -0.4 is 5.32 Å². The van der Waals surface area contributed by atoms with Crippen LogP contribution in [0.2, 0.25) is 0 Å². The number of rotatable bonds is 3. The van der Waals surface area contributed by atoms with Gasteiger partial charge < -0.3 is 9.88 Å². The van der Waals surface area contributed by atoms with Gasteiger partial charge in [0.05, 0.1) is 6.04 Å². The maximum absolute atomic E-state index is 4.42. The highest BCUT2D eigenvalue weighted by molar-refractivity contribution is 5.14. The molecule has 1 saturated carbocycles. The summed E-state index contributed by atoms with van der Waals surface area (Å²) < 4.78 is 2.37. The molecule has 0 amide bonds. The van der Waals surface area contributed by atoms with Gasteiger partial charge in [0.2, 0.25) is 0 Å². The maximum Gasteiger partial charge on any atom is 0.150 e. The molecule has 0 aromatic carbocycles. The molecule has 0 radical (unpaired) electrons. The van der Waals surface area contributed by atoms with Gasteiger partial charge >= 0.3 is 0 Å². The van der Waals surface area contributed by atoms with E-state index in [1.54, 1.807) is 0 Å². The molecule has 3 rings (SSSR count). The molecule has 88 valence electrons. The average molecular weight is 220 g/mol. The van der Waals surface area contributed by atoms with E-state index in [0.717, 1.165) is 19.0 Å². The molecule has 2 heterocycles. The average Bonchev–Trinajstić information content (AvgIpc) is 2.85. The number of hydrogen-bond acceptors (Lipinski definition) is 3. The van der Waals surface area contributed by atoms with Crippen molar-refractivity contribution in [2.75, 3.05) is 6.54 Å². The van der Waals surface area contributed by atoms with Gasteiger partial charge in [-0.1, -0.05) is 20.3 Å². The Morgan fingerprint density at radius 3 is 2.81 bits per heavy atom. The van der Waals surface area contributed by atoms with Gasteiger partial charge in [-0.3, -0.25) is 0 Å². The summed E-state index contributed by atoms with van der Waals surface area (Å²) in [6.07, 6.45) is 3.65. The van der Waals surface area contributed by atoms with Crippen LogP contribution in [0, 0.1) is 5.92 Å². The summed E-state index contributed by atoms with van der Waals surface area (Å²) in [5.74, 6) is 3.90. The predicted octanol–water partition coefficient (Wildman–Crippen LogP) is 1.85. The van der Waals surface area contributed by atoms with Gasteiger partial charge in [0, 0.05) is 19.0 Å². The third-order valence-electron chi connectivity index (χ3n) is 3.86. The molecule has 1 aromatic rings. The van der Waals surface area contributed by atoms with Crippen molar-refractivity contribution in [3.63, 3.8) is 0 Å². The van der Waals surface area contributed by atoms with Gasteiger partial charge in [-0.15, -0.1) is 10.2 Å². The van der Waals surface area contributed by atoms with E-state index in [9.17, 15) is 0 Å². The number of nitrogens with zero attached hydrogens (tertiary/aromatic N) is 3. The summed E-state index contributed by atoms with van der Waals surface area (Å²) in [6.45, 7) is 6.63. The van der Waals surface area contributed by atoms with Crippen LogP contribution >= 0.6 is 0 Å². The van der Waals surface area contributed by atoms with E-state index in [4.69, 9.17) is 0 Å². The first kappa shape index (κ1) is 10.3. The monoisotopic (exact) mass is 220 g/mol. The maximum atomic E-state index is 4.42. The van der Waals surface area contributed by atoms with Crippen LogP contribution in [-0.4, -0.2) is 21.3 Å². The van der Waals surface area contributed by atoms with Gasteiger partial charge in [-0.25, -0.2) is 0 Å². The highest BCUT2D eigenvalue weighted by atomic mass is 15.3. The van der Waals surface area contributed by atoms with E-state index in [2.05, 4.69) is 33.9 Å². The largest absolute Gasteiger partial charge is 0.312 e. The quantitative estimate of drug-likeness (QED) is 0.845. The molecule has 4 heteroatoms. The van der Waals surface area contributed by atoms with Crippen molar-refractivity contribution in [1.29, 1.82) is 0 Å². The summed E-state index contributed by atoms with van der Waals surface area (Å²) >= 11 is 0. The SMILES string of the molecule is CCCC1NCCn2c1nnc2C1CC1C. The lowest BCUT2D eigenvalue weighted by Gasteiger charge is -2.24. The minimum Gasteiger partial charge on any atom is -0.312 e. The van der Waals surface area contributed by atoms with Gasteiger partial charge in [0.1, 0.15) is 11.6 Å². The lowest BCUT2D eigenvalue weighted by Crippen LogP contribution is -2.34. The Morgan fingerprint density at radius 2 is 2.12 bits per heavy atom. The van der Waals surface area contributed by atoms with E-state index in [1.807, 2.05) is 0 Å². The van der Waals surface area contributed by atoms with Crippen LogP contribution in [0.5, 0.6) is 0 Å². The molecule has 1 N–H and O–H groups in total. The first-order chi connectivity index (χ1) is 7.81. The van der Waals surface area contributed by atoms with Crippen LogP contribution in [0.4, 0.5) is 0 Å².